The summed E-state index contributed by atoms with van der Waals surface area (Å²) in [7, 11) is 0. The lowest BCUT2D eigenvalue weighted by atomic mass is 10.1. The minimum Gasteiger partial charge on any atom is -0.387 e. The van der Waals surface area contributed by atoms with Gasteiger partial charge in [-0.3, -0.25) is 5.41 Å². The van der Waals surface area contributed by atoms with E-state index >= 15 is 0 Å². The second-order valence-electron chi connectivity index (χ2n) is 2.40. The third-order valence-corrected chi connectivity index (χ3v) is 1.43. The number of amidine groups is 1. The van der Waals surface area contributed by atoms with Crippen molar-refractivity contribution in [1.82, 2.24) is 0 Å². The van der Waals surface area contributed by atoms with Crippen LogP contribution in [0.25, 0.3) is 0 Å². The summed E-state index contributed by atoms with van der Waals surface area (Å²) in [4.78, 5) is 0. The van der Waals surface area contributed by atoms with Crippen LogP contribution in [0.4, 0.5) is 8.78 Å². The van der Waals surface area contributed by atoms with E-state index < -0.39 is 11.6 Å². The van der Waals surface area contributed by atoms with Gasteiger partial charge in [0.2, 0.25) is 0 Å². The summed E-state index contributed by atoms with van der Waals surface area (Å²) in [5.74, 6) is -1.57. The fraction of sp³-hybridized carbons (Fsp3) is 0.125. The predicted molar refractivity (Wildman–Crippen MR) is 42.0 cm³/mol. The van der Waals surface area contributed by atoms with E-state index in [1.165, 1.54) is 6.07 Å². The third-order valence-electron chi connectivity index (χ3n) is 1.43. The number of hydrogen-bond donors (Lipinski definition) is 2. The Bertz CT molecular complexity index is 290. The molecule has 2 nitrogen and oxygen atoms in total. The molecule has 0 amide bonds. The molecule has 0 saturated heterocycles. The third kappa shape index (κ3) is 1.78. The van der Waals surface area contributed by atoms with Gasteiger partial charge in [-0.25, -0.2) is 8.78 Å². The van der Waals surface area contributed by atoms with Crippen LogP contribution in [-0.2, 0) is 6.42 Å². The molecule has 0 aromatic heterocycles. The molecule has 0 atom stereocenters. The molecule has 1 aromatic rings. The molecule has 12 heavy (non-hydrogen) atoms. The Labute approximate surface area is 68.5 Å². The van der Waals surface area contributed by atoms with Crippen molar-refractivity contribution in [3.05, 3.63) is 35.4 Å². The molecular weight excluding hydrogens is 162 g/mol. The molecule has 0 heterocycles. The maximum atomic E-state index is 12.8. The largest absolute Gasteiger partial charge is 0.387 e. The average molecular weight is 170 g/mol. The van der Waals surface area contributed by atoms with Crippen LogP contribution in [0.3, 0.4) is 0 Å². The van der Waals surface area contributed by atoms with Crippen molar-refractivity contribution >= 4 is 5.84 Å². The van der Waals surface area contributed by atoms with Crippen LogP contribution in [-0.4, -0.2) is 5.84 Å². The van der Waals surface area contributed by atoms with E-state index in [4.69, 9.17) is 11.1 Å². The average Bonchev–Trinajstić information content (AvgIpc) is 1.97. The van der Waals surface area contributed by atoms with E-state index in [0.29, 0.717) is 0 Å². The van der Waals surface area contributed by atoms with Gasteiger partial charge in [0.05, 0.1) is 5.84 Å². The molecule has 0 spiro atoms. The van der Waals surface area contributed by atoms with Crippen LogP contribution in [0.1, 0.15) is 5.56 Å². The van der Waals surface area contributed by atoms with E-state index in [1.807, 2.05) is 0 Å². The monoisotopic (exact) mass is 170 g/mol. The van der Waals surface area contributed by atoms with Gasteiger partial charge < -0.3 is 5.73 Å². The van der Waals surface area contributed by atoms with E-state index in [1.54, 1.807) is 0 Å². The molecule has 0 fully saturated rings. The van der Waals surface area contributed by atoms with Crippen LogP contribution in [0.5, 0.6) is 0 Å². The number of benzene rings is 1. The Morgan fingerprint density at radius 3 is 2.25 bits per heavy atom. The Morgan fingerprint density at radius 1 is 1.33 bits per heavy atom. The number of hydrogen-bond acceptors (Lipinski definition) is 1. The molecular formula is C8H8F2N2. The van der Waals surface area contributed by atoms with E-state index in [2.05, 4.69) is 0 Å². The standard InChI is InChI=1S/C8H8F2N2/c9-6-2-1-3-7(10)5(6)4-8(11)12/h1-3H,4H2,(H3,11,12). The van der Waals surface area contributed by atoms with Gasteiger partial charge in [-0.05, 0) is 12.1 Å². The molecule has 0 saturated carbocycles. The van der Waals surface area contributed by atoms with Gasteiger partial charge in [0.1, 0.15) is 11.6 Å². The van der Waals surface area contributed by atoms with Crippen molar-refractivity contribution in [2.24, 2.45) is 5.73 Å². The molecule has 1 aromatic carbocycles. The van der Waals surface area contributed by atoms with Crippen molar-refractivity contribution < 1.29 is 8.78 Å². The number of nitrogens with one attached hydrogen (secondary N) is 1. The fourth-order valence-corrected chi connectivity index (χ4v) is 0.892. The number of halogens is 2. The Balaban J connectivity index is 3.04. The van der Waals surface area contributed by atoms with Crippen molar-refractivity contribution in [2.45, 2.75) is 6.42 Å². The van der Waals surface area contributed by atoms with Crippen molar-refractivity contribution in [2.75, 3.05) is 0 Å². The second kappa shape index (κ2) is 3.30. The molecule has 0 aliphatic carbocycles. The summed E-state index contributed by atoms with van der Waals surface area (Å²) in [6, 6.07) is 3.55. The molecule has 0 aliphatic rings. The molecule has 1 rings (SSSR count). The van der Waals surface area contributed by atoms with Crippen molar-refractivity contribution in [3.8, 4) is 0 Å². The fourth-order valence-electron chi connectivity index (χ4n) is 0.892. The van der Waals surface area contributed by atoms with Crippen molar-refractivity contribution in [1.29, 1.82) is 5.41 Å². The maximum absolute atomic E-state index is 12.8. The lowest BCUT2D eigenvalue weighted by Gasteiger charge is -2.01. The first-order chi connectivity index (χ1) is 5.61. The minimum absolute atomic E-state index is 0.148. The van der Waals surface area contributed by atoms with Crippen LogP contribution in [0.2, 0.25) is 0 Å². The van der Waals surface area contributed by atoms with Crippen LogP contribution < -0.4 is 5.73 Å². The lowest BCUT2D eigenvalue weighted by molar-refractivity contribution is 0.564. The molecule has 64 valence electrons. The smallest absolute Gasteiger partial charge is 0.129 e. The van der Waals surface area contributed by atoms with Gasteiger partial charge in [-0.1, -0.05) is 6.07 Å². The normalized spacial score (nSPS) is 9.83. The first kappa shape index (κ1) is 8.64. The first-order valence-electron chi connectivity index (χ1n) is 3.37. The molecule has 3 N–H and O–H groups in total. The van der Waals surface area contributed by atoms with E-state index in [9.17, 15) is 8.78 Å². The van der Waals surface area contributed by atoms with Gasteiger partial charge in [0.15, 0.2) is 0 Å². The molecule has 0 unspecified atom stereocenters. The molecule has 4 heteroatoms. The van der Waals surface area contributed by atoms with E-state index in [0.717, 1.165) is 12.1 Å². The predicted octanol–water partition coefficient (Wildman–Crippen LogP) is 1.44. The quantitative estimate of drug-likeness (QED) is 0.512. The van der Waals surface area contributed by atoms with Crippen LogP contribution >= 0.6 is 0 Å². The topological polar surface area (TPSA) is 49.9 Å². The number of rotatable bonds is 2. The van der Waals surface area contributed by atoms with Crippen molar-refractivity contribution in [3.63, 3.8) is 0 Å². The summed E-state index contributed by atoms with van der Waals surface area (Å²) in [5.41, 5.74) is 4.86. The van der Waals surface area contributed by atoms with Gasteiger partial charge in [-0.2, -0.15) is 0 Å². The highest BCUT2D eigenvalue weighted by Gasteiger charge is 2.08. The Kier molecular flexibility index (Phi) is 2.38. The lowest BCUT2D eigenvalue weighted by Crippen LogP contribution is -2.14. The first-order valence-corrected chi connectivity index (χ1v) is 3.37. The summed E-state index contributed by atoms with van der Waals surface area (Å²) in [5, 5.41) is 6.87. The molecule has 0 radical (unpaired) electrons. The van der Waals surface area contributed by atoms with E-state index in [-0.39, 0.29) is 17.8 Å². The minimum atomic E-state index is -0.662. The highest BCUT2D eigenvalue weighted by molar-refractivity contribution is 5.79. The Morgan fingerprint density at radius 2 is 1.83 bits per heavy atom. The van der Waals surface area contributed by atoms with Gasteiger partial charge in [-0.15, -0.1) is 0 Å². The zero-order valence-corrected chi connectivity index (χ0v) is 6.27. The van der Waals surface area contributed by atoms with Crippen LogP contribution in [0, 0.1) is 17.0 Å². The summed E-state index contributed by atoms with van der Waals surface area (Å²) in [6.45, 7) is 0. The highest BCUT2D eigenvalue weighted by atomic mass is 19.1. The maximum Gasteiger partial charge on any atom is 0.129 e. The van der Waals surface area contributed by atoms with Gasteiger partial charge >= 0.3 is 0 Å². The Hall–Kier alpha value is -1.45. The van der Waals surface area contributed by atoms with Gasteiger partial charge in [0, 0.05) is 12.0 Å². The zero-order valence-electron chi connectivity index (χ0n) is 6.27. The van der Waals surface area contributed by atoms with Gasteiger partial charge in [0.25, 0.3) is 0 Å². The highest BCUT2D eigenvalue weighted by Crippen LogP contribution is 2.11. The summed E-state index contributed by atoms with van der Waals surface area (Å²) >= 11 is 0. The second-order valence-corrected chi connectivity index (χ2v) is 2.40. The molecule has 0 bridgehead atoms. The SMILES string of the molecule is N=C(N)Cc1c(F)cccc1F. The summed E-state index contributed by atoms with van der Waals surface area (Å²) < 4.78 is 25.6. The zero-order chi connectivity index (χ0) is 9.14. The number of nitrogens with two attached hydrogens (primary N) is 1. The molecule has 0 aliphatic heterocycles. The van der Waals surface area contributed by atoms with Crippen LogP contribution in [0.15, 0.2) is 18.2 Å². The summed E-state index contributed by atoms with van der Waals surface area (Å²) in [6.07, 6.45) is -0.182.